The number of ether oxygens (including phenoxy) is 2. The first kappa shape index (κ1) is 25.4. The Hall–Kier alpha value is -3.73. The van der Waals surface area contributed by atoms with Crippen molar-refractivity contribution in [3.05, 3.63) is 92.3 Å². The van der Waals surface area contributed by atoms with Crippen LogP contribution in [-0.2, 0) is 16.2 Å². The Bertz CT molecular complexity index is 1370. The van der Waals surface area contributed by atoms with Gasteiger partial charge >= 0.3 is 6.03 Å². The summed E-state index contributed by atoms with van der Waals surface area (Å²) in [6.45, 7) is 4.54. The fraction of sp³-hybridized carbons (Fsp3) is 0.148. The van der Waals surface area contributed by atoms with Crippen LogP contribution in [0.1, 0.15) is 23.6 Å². The molecule has 0 unspecified atom stereocenters. The van der Waals surface area contributed by atoms with E-state index < -0.39 is 23.7 Å². The molecule has 0 spiro atoms. The van der Waals surface area contributed by atoms with Crippen molar-refractivity contribution in [2.45, 2.75) is 20.5 Å². The number of rotatable bonds is 7. The normalized spacial score (nSPS) is 14.7. The fourth-order valence-electron chi connectivity index (χ4n) is 3.59. The number of urea groups is 1. The average Bonchev–Trinajstić information content (AvgIpc) is 2.83. The van der Waals surface area contributed by atoms with E-state index in [1.807, 2.05) is 38.1 Å². The summed E-state index contributed by atoms with van der Waals surface area (Å²) in [5.74, 6) is -1.60. The number of amides is 4. The van der Waals surface area contributed by atoms with Crippen molar-refractivity contribution in [1.29, 1.82) is 0 Å². The molecule has 0 radical (unpaired) electrons. The highest BCUT2D eigenvalue weighted by Gasteiger charge is 2.38. The number of imide groups is 2. The van der Waals surface area contributed by atoms with E-state index in [-0.39, 0.29) is 11.3 Å². The Balaban J connectivity index is 1.66. The molecule has 1 N–H and O–H groups in total. The predicted octanol–water partition coefficient (Wildman–Crippen LogP) is 5.38. The Labute approximate surface area is 221 Å². The third-order valence-electron chi connectivity index (χ3n) is 5.34. The minimum atomic E-state index is -1.02. The maximum absolute atomic E-state index is 14.3. The number of benzene rings is 3. The minimum Gasteiger partial charge on any atom is -0.490 e. The van der Waals surface area contributed by atoms with Crippen LogP contribution in [0.2, 0.25) is 0 Å². The lowest BCUT2D eigenvalue weighted by atomic mass is 10.1. The lowest BCUT2D eigenvalue weighted by Crippen LogP contribution is -2.54. The number of hydrogen-bond donors (Lipinski definition) is 1. The highest BCUT2D eigenvalue weighted by molar-refractivity contribution is 14.1. The van der Waals surface area contributed by atoms with Crippen LogP contribution in [0, 0.1) is 16.3 Å². The smallest absolute Gasteiger partial charge is 0.336 e. The van der Waals surface area contributed by atoms with Crippen LogP contribution in [0.4, 0.5) is 14.9 Å². The molecule has 1 aliphatic rings. The third kappa shape index (κ3) is 5.40. The van der Waals surface area contributed by atoms with Crippen LogP contribution >= 0.6 is 22.6 Å². The summed E-state index contributed by atoms with van der Waals surface area (Å²) < 4.78 is 26.8. The van der Waals surface area contributed by atoms with Gasteiger partial charge in [-0.1, -0.05) is 42.0 Å². The van der Waals surface area contributed by atoms with Gasteiger partial charge in [0.15, 0.2) is 11.5 Å². The van der Waals surface area contributed by atoms with E-state index in [4.69, 9.17) is 9.47 Å². The fourth-order valence-corrected chi connectivity index (χ4v) is 4.37. The monoisotopic (exact) mass is 600 g/mol. The molecule has 4 amide bonds. The molecule has 7 nitrogen and oxygen atoms in total. The second-order valence-electron chi connectivity index (χ2n) is 7.95. The maximum Gasteiger partial charge on any atom is 0.336 e. The molecule has 3 aromatic rings. The van der Waals surface area contributed by atoms with Gasteiger partial charge < -0.3 is 9.47 Å². The summed E-state index contributed by atoms with van der Waals surface area (Å²) >= 11 is 2.09. The SMILES string of the molecule is CCOc1cc(/C=C2/C(=O)NC(=O)N(c3ccccc3F)C2=O)cc(I)c1OCc1ccc(C)cc1. The molecule has 36 heavy (non-hydrogen) atoms. The molecule has 1 saturated heterocycles. The number of para-hydroxylation sites is 1. The maximum atomic E-state index is 14.3. The zero-order valence-electron chi connectivity index (χ0n) is 19.5. The van der Waals surface area contributed by atoms with Gasteiger partial charge in [0.05, 0.1) is 15.9 Å². The molecule has 3 aromatic carbocycles. The van der Waals surface area contributed by atoms with Gasteiger partial charge in [0.2, 0.25) is 0 Å². The minimum absolute atomic E-state index is 0.247. The molecular formula is C27H22FIN2O5. The lowest BCUT2D eigenvalue weighted by Gasteiger charge is -2.26. The summed E-state index contributed by atoms with van der Waals surface area (Å²) in [4.78, 5) is 38.6. The molecule has 0 aliphatic carbocycles. The van der Waals surface area contributed by atoms with Crippen molar-refractivity contribution < 1.29 is 28.2 Å². The number of carbonyl (C=O) groups is 3. The highest BCUT2D eigenvalue weighted by atomic mass is 127. The second kappa shape index (κ2) is 10.9. The number of aryl methyl sites for hydroxylation is 1. The van der Waals surface area contributed by atoms with Crippen LogP contribution in [0.25, 0.3) is 6.08 Å². The first-order valence-corrected chi connectivity index (χ1v) is 12.2. The summed E-state index contributed by atoms with van der Waals surface area (Å²) in [7, 11) is 0. The van der Waals surface area contributed by atoms with Crippen LogP contribution < -0.4 is 19.7 Å². The number of barbiturate groups is 1. The summed E-state index contributed by atoms with van der Waals surface area (Å²) in [6.07, 6.45) is 1.34. The van der Waals surface area contributed by atoms with Crippen LogP contribution in [0.5, 0.6) is 11.5 Å². The second-order valence-corrected chi connectivity index (χ2v) is 9.11. The number of nitrogens with one attached hydrogen (secondary N) is 1. The van der Waals surface area contributed by atoms with E-state index in [0.29, 0.717) is 38.7 Å². The van der Waals surface area contributed by atoms with Crippen molar-refractivity contribution in [1.82, 2.24) is 5.32 Å². The predicted molar refractivity (Wildman–Crippen MR) is 141 cm³/mol. The molecule has 4 rings (SSSR count). The van der Waals surface area contributed by atoms with Gasteiger partial charge in [-0.05, 0) is 77.9 Å². The molecule has 0 bridgehead atoms. The van der Waals surface area contributed by atoms with Crippen molar-refractivity contribution in [2.24, 2.45) is 0 Å². The number of hydrogen-bond acceptors (Lipinski definition) is 5. The zero-order valence-corrected chi connectivity index (χ0v) is 21.7. The number of nitrogens with zero attached hydrogens (tertiary/aromatic N) is 1. The van der Waals surface area contributed by atoms with Crippen molar-refractivity contribution >= 4 is 52.2 Å². The molecular weight excluding hydrogens is 578 g/mol. The van der Waals surface area contributed by atoms with Gasteiger partial charge in [-0.25, -0.2) is 14.1 Å². The molecule has 1 aliphatic heterocycles. The van der Waals surface area contributed by atoms with E-state index in [1.165, 1.54) is 24.3 Å². The van der Waals surface area contributed by atoms with Gasteiger partial charge in [0.1, 0.15) is 18.0 Å². The zero-order chi connectivity index (χ0) is 25.8. The summed E-state index contributed by atoms with van der Waals surface area (Å²) in [5, 5.41) is 2.10. The molecule has 9 heteroatoms. The molecule has 0 atom stereocenters. The van der Waals surface area contributed by atoms with Crippen LogP contribution in [0.15, 0.2) is 66.2 Å². The summed E-state index contributed by atoms with van der Waals surface area (Å²) in [6, 6.07) is 15.7. The van der Waals surface area contributed by atoms with Crippen LogP contribution in [0.3, 0.4) is 0 Å². The van der Waals surface area contributed by atoms with Crippen molar-refractivity contribution in [3.63, 3.8) is 0 Å². The van der Waals surface area contributed by atoms with Gasteiger partial charge in [0, 0.05) is 0 Å². The van der Waals surface area contributed by atoms with E-state index in [1.54, 1.807) is 12.1 Å². The van der Waals surface area contributed by atoms with Gasteiger partial charge in [-0.2, -0.15) is 0 Å². The summed E-state index contributed by atoms with van der Waals surface area (Å²) in [5.41, 5.74) is 2.06. The highest BCUT2D eigenvalue weighted by Crippen LogP contribution is 2.36. The number of carbonyl (C=O) groups excluding carboxylic acids is 3. The first-order valence-electron chi connectivity index (χ1n) is 11.1. The van der Waals surface area contributed by atoms with E-state index in [2.05, 4.69) is 27.9 Å². The topological polar surface area (TPSA) is 84.9 Å². The molecule has 1 heterocycles. The van der Waals surface area contributed by atoms with E-state index in [0.717, 1.165) is 17.2 Å². The Kier molecular flexibility index (Phi) is 7.68. The Morgan fingerprint density at radius 1 is 1.03 bits per heavy atom. The van der Waals surface area contributed by atoms with Crippen LogP contribution in [-0.4, -0.2) is 24.5 Å². The molecule has 184 valence electrons. The van der Waals surface area contributed by atoms with Gasteiger partial charge in [0.25, 0.3) is 11.8 Å². The number of anilines is 1. The molecule has 0 aromatic heterocycles. The van der Waals surface area contributed by atoms with Gasteiger partial charge in [-0.15, -0.1) is 0 Å². The molecule has 1 fully saturated rings. The average molecular weight is 600 g/mol. The van der Waals surface area contributed by atoms with Crippen molar-refractivity contribution in [3.8, 4) is 11.5 Å². The van der Waals surface area contributed by atoms with Crippen molar-refractivity contribution in [2.75, 3.05) is 11.5 Å². The lowest BCUT2D eigenvalue weighted by molar-refractivity contribution is -0.122. The standard InChI is InChI=1S/C27H22FIN2O5/c1-3-35-23-14-18(13-21(29)24(23)36-15-17-10-8-16(2)9-11-17)12-19-25(32)30-27(34)31(26(19)33)22-7-5-4-6-20(22)28/h4-14H,3,15H2,1-2H3,(H,30,32,34)/b19-12-. The quantitative estimate of drug-likeness (QED) is 0.224. The van der Waals surface area contributed by atoms with E-state index in [9.17, 15) is 18.8 Å². The van der Waals surface area contributed by atoms with E-state index >= 15 is 0 Å². The Morgan fingerprint density at radius 3 is 2.44 bits per heavy atom. The first-order chi connectivity index (χ1) is 17.3. The van der Waals surface area contributed by atoms with Gasteiger partial charge in [-0.3, -0.25) is 14.9 Å². The molecule has 0 saturated carbocycles. The Morgan fingerprint density at radius 2 is 1.75 bits per heavy atom. The number of halogens is 2. The third-order valence-corrected chi connectivity index (χ3v) is 6.14. The largest absolute Gasteiger partial charge is 0.490 e.